The van der Waals surface area contributed by atoms with Crippen LogP contribution in [0.25, 0.3) is 22.6 Å². The largest absolute Gasteiger partial charge is 0.289 e. The van der Waals surface area contributed by atoms with Crippen molar-refractivity contribution in [2.75, 3.05) is 0 Å². The Morgan fingerprint density at radius 2 is 1.44 bits per heavy atom. The maximum Gasteiger partial charge on any atom is 0.289 e. The van der Waals surface area contributed by atoms with Crippen LogP contribution in [0.15, 0.2) is 71.8 Å². The van der Waals surface area contributed by atoms with Gasteiger partial charge in [-0.15, -0.1) is 0 Å². The zero-order valence-corrected chi connectivity index (χ0v) is 20.5. The van der Waals surface area contributed by atoms with E-state index in [2.05, 4.69) is 30.9 Å². The number of aromatic amines is 1. The molecule has 0 saturated heterocycles. The quantitative estimate of drug-likeness (QED) is 0.278. The van der Waals surface area contributed by atoms with Gasteiger partial charge in [-0.3, -0.25) is 9.89 Å². The summed E-state index contributed by atoms with van der Waals surface area (Å²) >= 11 is 0. The fourth-order valence-electron chi connectivity index (χ4n) is 4.28. The monoisotopic (exact) mass is 478 g/mol. The van der Waals surface area contributed by atoms with Crippen molar-refractivity contribution < 1.29 is 4.79 Å². The second kappa shape index (κ2) is 9.46. The SMILES string of the molecule is Cc1nn(-c2ccccc2)c(C)c1/C=N/NC(=O)c1cc(-c2c(C)nn(-c3ccccc3)c2C)n[nH]1. The number of rotatable bonds is 6. The van der Waals surface area contributed by atoms with Gasteiger partial charge in [0.2, 0.25) is 0 Å². The van der Waals surface area contributed by atoms with E-state index in [0.29, 0.717) is 11.4 Å². The molecule has 0 aliphatic heterocycles. The average molecular weight is 479 g/mol. The molecule has 0 unspecified atom stereocenters. The third-order valence-electron chi connectivity index (χ3n) is 6.08. The molecule has 2 N–H and O–H groups in total. The second-order valence-electron chi connectivity index (χ2n) is 8.49. The van der Waals surface area contributed by atoms with Crippen LogP contribution < -0.4 is 5.43 Å². The molecule has 9 nitrogen and oxygen atoms in total. The first-order chi connectivity index (χ1) is 17.4. The molecule has 5 aromatic rings. The van der Waals surface area contributed by atoms with Gasteiger partial charge >= 0.3 is 0 Å². The molecule has 0 aliphatic rings. The van der Waals surface area contributed by atoms with E-state index >= 15 is 0 Å². The Morgan fingerprint density at radius 3 is 2.08 bits per heavy atom. The van der Waals surface area contributed by atoms with Crippen molar-refractivity contribution in [3.05, 3.63) is 101 Å². The van der Waals surface area contributed by atoms with Gasteiger partial charge in [0.25, 0.3) is 5.91 Å². The summed E-state index contributed by atoms with van der Waals surface area (Å²) in [6.45, 7) is 7.80. The molecule has 0 saturated carbocycles. The van der Waals surface area contributed by atoms with Crippen molar-refractivity contribution in [2.45, 2.75) is 27.7 Å². The lowest BCUT2D eigenvalue weighted by atomic mass is 10.1. The number of H-pyrrole nitrogens is 1. The van der Waals surface area contributed by atoms with Crippen molar-refractivity contribution in [3.63, 3.8) is 0 Å². The molecule has 0 atom stereocenters. The summed E-state index contributed by atoms with van der Waals surface area (Å²) < 4.78 is 3.74. The number of hydrogen-bond acceptors (Lipinski definition) is 5. The van der Waals surface area contributed by atoms with Crippen molar-refractivity contribution >= 4 is 12.1 Å². The summed E-state index contributed by atoms with van der Waals surface area (Å²) in [4.78, 5) is 12.7. The minimum absolute atomic E-state index is 0.307. The topological polar surface area (TPSA) is 106 Å². The first kappa shape index (κ1) is 23.0. The van der Waals surface area contributed by atoms with Gasteiger partial charge in [-0.1, -0.05) is 36.4 Å². The second-order valence-corrected chi connectivity index (χ2v) is 8.49. The van der Waals surface area contributed by atoms with Crippen LogP contribution in [0.3, 0.4) is 0 Å². The third kappa shape index (κ3) is 4.22. The molecule has 180 valence electrons. The Morgan fingerprint density at radius 1 is 0.861 bits per heavy atom. The van der Waals surface area contributed by atoms with Crippen LogP contribution in [0, 0.1) is 27.7 Å². The number of nitrogens with one attached hydrogen (secondary N) is 2. The Hall–Kier alpha value is -4.79. The van der Waals surface area contributed by atoms with Gasteiger partial charge < -0.3 is 0 Å². The molecule has 3 heterocycles. The number of hydrogen-bond donors (Lipinski definition) is 2. The number of amides is 1. The number of para-hydroxylation sites is 2. The number of carbonyl (C=O) groups is 1. The first-order valence-electron chi connectivity index (χ1n) is 11.6. The lowest BCUT2D eigenvalue weighted by Gasteiger charge is -2.04. The predicted octanol–water partition coefficient (Wildman–Crippen LogP) is 4.45. The summed E-state index contributed by atoms with van der Waals surface area (Å²) in [7, 11) is 0. The molecule has 0 spiro atoms. The minimum Gasteiger partial charge on any atom is -0.272 e. The third-order valence-corrected chi connectivity index (χ3v) is 6.08. The van der Waals surface area contributed by atoms with Gasteiger partial charge in [0, 0.05) is 11.1 Å². The minimum atomic E-state index is -0.387. The van der Waals surface area contributed by atoms with Crippen molar-refractivity contribution in [1.82, 2.24) is 35.2 Å². The fraction of sp³-hybridized carbons (Fsp3) is 0.148. The summed E-state index contributed by atoms with van der Waals surface area (Å²) in [5.41, 5.74) is 10.7. The van der Waals surface area contributed by atoms with E-state index < -0.39 is 0 Å². The molecular formula is C27H26N8O. The lowest BCUT2D eigenvalue weighted by Crippen LogP contribution is -2.18. The Labute approximate surface area is 208 Å². The standard InChI is InChI=1S/C27H26N8O/c1-17-23(19(3)34(32-17)21-11-7-5-8-12-21)16-28-31-27(36)25-15-24(29-30-25)26-18(2)33-35(20(26)4)22-13-9-6-10-14-22/h5-16H,1-4H3,(H,29,30)(H,31,36)/b28-16+. The van der Waals surface area contributed by atoms with E-state index in [4.69, 9.17) is 0 Å². The molecule has 3 aromatic heterocycles. The summed E-state index contributed by atoms with van der Waals surface area (Å²) in [5.74, 6) is -0.387. The zero-order chi connectivity index (χ0) is 25.2. The molecule has 9 heteroatoms. The lowest BCUT2D eigenvalue weighted by molar-refractivity contribution is 0.0950. The van der Waals surface area contributed by atoms with Crippen LogP contribution in [0.2, 0.25) is 0 Å². The van der Waals surface area contributed by atoms with Crippen LogP contribution in [-0.2, 0) is 0 Å². The maximum atomic E-state index is 12.7. The van der Waals surface area contributed by atoms with Gasteiger partial charge in [0.1, 0.15) is 5.69 Å². The maximum absolute atomic E-state index is 12.7. The van der Waals surface area contributed by atoms with E-state index in [1.807, 2.05) is 97.7 Å². The van der Waals surface area contributed by atoms with Crippen LogP contribution in [0.5, 0.6) is 0 Å². The number of nitrogens with zero attached hydrogens (tertiary/aromatic N) is 6. The highest BCUT2D eigenvalue weighted by molar-refractivity contribution is 5.94. The van der Waals surface area contributed by atoms with E-state index in [1.165, 1.54) is 0 Å². The van der Waals surface area contributed by atoms with Gasteiger partial charge in [-0.2, -0.15) is 20.4 Å². The molecule has 0 radical (unpaired) electrons. The number of carbonyl (C=O) groups excluding carboxylic acids is 1. The highest BCUT2D eigenvalue weighted by atomic mass is 16.2. The predicted molar refractivity (Wildman–Crippen MR) is 139 cm³/mol. The van der Waals surface area contributed by atoms with Crippen molar-refractivity contribution in [1.29, 1.82) is 0 Å². The number of benzene rings is 2. The number of aromatic nitrogens is 6. The van der Waals surface area contributed by atoms with Crippen molar-refractivity contribution in [3.8, 4) is 22.6 Å². The Bertz CT molecular complexity index is 1560. The number of aryl methyl sites for hydroxylation is 2. The molecule has 0 bridgehead atoms. The first-order valence-corrected chi connectivity index (χ1v) is 11.6. The smallest absolute Gasteiger partial charge is 0.272 e. The number of hydrazone groups is 1. The van der Waals surface area contributed by atoms with E-state index in [-0.39, 0.29) is 5.91 Å². The molecule has 0 aliphatic carbocycles. The molecule has 2 aromatic carbocycles. The van der Waals surface area contributed by atoms with Crippen LogP contribution in [-0.4, -0.2) is 41.9 Å². The Balaban J connectivity index is 1.33. The van der Waals surface area contributed by atoms with Gasteiger partial charge in [-0.25, -0.2) is 14.8 Å². The van der Waals surface area contributed by atoms with Gasteiger partial charge in [0.15, 0.2) is 0 Å². The van der Waals surface area contributed by atoms with Crippen LogP contribution >= 0.6 is 0 Å². The molecule has 5 rings (SSSR count). The summed E-state index contributed by atoms with van der Waals surface area (Å²) in [6, 6.07) is 21.5. The van der Waals surface area contributed by atoms with Gasteiger partial charge in [-0.05, 0) is 58.0 Å². The van der Waals surface area contributed by atoms with E-state index in [9.17, 15) is 4.79 Å². The van der Waals surface area contributed by atoms with E-state index in [1.54, 1.807) is 12.3 Å². The molecular weight excluding hydrogens is 452 g/mol. The highest BCUT2D eigenvalue weighted by Gasteiger charge is 2.19. The highest BCUT2D eigenvalue weighted by Crippen LogP contribution is 2.27. The molecule has 36 heavy (non-hydrogen) atoms. The zero-order valence-electron chi connectivity index (χ0n) is 20.5. The van der Waals surface area contributed by atoms with Crippen LogP contribution in [0.4, 0.5) is 0 Å². The van der Waals surface area contributed by atoms with E-state index in [0.717, 1.165) is 45.3 Å². The average Bonchev–Trinajstić information content (AvgIpc) is 3.57. The summed E-state index contributed by atoms with van der Waals surface area (Å²) in [6.07, 6.45) is 1.62. The van der Waals surface area contributed by atoms with Crippen molar-refractivity contribution in [2.24, 2.45) is 5.10 Å². The van der Waals surface area contributed by atoms with Gasteiger partial charge in [0.05, 0.1) is 46.1 Å². The normalized spacial score (nSPS) is 11.3. The van der Waals surface area contributed by atoms with Crippen LogP contribution in [0.1, 0.15) is 38.8 Å². The molecule has 1 amide bonds. The molecule has 0 fully saturated rings. The summed E-state index contributed by atoms with van der Waals surface area (Å²) in [5, 5.41) is 20.6. The fourth-order valence-corrected chi connectivity index (χ4v) is 4.28. The Kier molecular flexibility index (Phi) is 6.03.